The summed E-state index contributed by atoms with van der Waals surface area (Å²) in [5.74, 6) is -4.47. The Morgan fingerprint density at radius 3 is 2.20 bits per heavy atom. The average molecular weight is 221 g/mol. The minimum atomic E-state index is -3.54. The fraction of sp³-hybridized carbons (Fsp3) is 0.400. The lowest BCUT2D eigenvalue weighted by Gasteiger charge is -2.32. The Labute approximate surface area is 84.9 Å². The van der Waals surface area contributed by atoms with Crippen LogP contribution in [0.1, 0.15) is 12.5 Å². The van der Waals surface area contributed by atoms with E-state index in [1.54, 1.807) is 0 Å². The molecule has 1 atom stereocenters. The molecule has 1 rings (SSSR count). The van der Waals surface area contributed by atoms with Crippen LogP contribution in [0.5, 0.6) is 0 Å². The van der Waals surface area contributed by atoms with Gasteiger partial charge >= 0.3 is 0 Å². The minimum absolute atomic E-state index is 0.471. The highest BCUT2D eigenvalue weighted by molar-refractivity contribution is 5.28. The lowest BCUT2D eigenvalue weighted by molar-refractivity contribution is -0.0706. The van der Waals surface area contributed by atoms with Gasteiger partial charge in [-0.15, -0.1) is 0 Å². The number of halogens is 4. The Morgan fingerprint density at radius 1 is 1.27 bits per heavy atom. The molecule has 0 spiro atoms. The fourth-order valence-corrected chi connectivity index (χ4v) is 1.25. The van der Waals surface area contributed by atoms with E-state index in [4.69, 9.17) is 5.73 Å². The van der Waals surface area contributed by atoms with Gasteiger partial charge in [-0.3, -0.25) is 0 Å². The zero-order chi connectivity index (χ0) is 11.7. The van der Waals surface area contributed by atoms with Gasteiger partial charge in [0.15, 0.2) is 0 Å². The van der Waals surface area contributed by atoms with Crippen molar-refractivity contribution in [1.29, 1.82) is 0 Å². The van der Waals surface area contributed by atoms with Crippen molar-refractivity contribution >= 4 is 0 Å². The molecule has 0 amide bonds. The third-order valence-electron chi connectivity index (χ3n) is 2.35. The molecule has 0 aromatic heterocycles. The van der Waals surface area contributed by atoms with Gasteiger partial charge in [-0.05, 0) is 6.07 Å². The summed E-state index contributed by atoms with van der Waals surface area (Å²) >= 11 is 0. The zero-order valence-corrected chi connectivity index (χ0v) is 8.11. The molecular weight excluding hydrogens is 210 g/mol. The maximum atomic E-state index is 13.2. The van der Waals surface area contributed by atoms with Gasteiger partial charge in [-0.2, -0.15) is 0 Å². The second-order valence-corrected chi connectivity index (χ2v) is 3.47. The largest absolute Gasteiger partial charge is 0.314 e. The van der Waals surface area contributed by atoms with E-state index >= 15 is 0 Å². The van der Waals surface area contributed by atoms with Gasteiger partial charge < -0.3 is 5.73 Å². The highest BCUT2D eigenvalue weighted by atomic mass is 19.3. The van der Waals surface area contributed by atoms with Crippen molar-refractivity contribution in [2.75, 3.05) is 6.67 Å². The summed E-state index contributed by atoms with van der Waals surface area (Å²) in [6, 6.07) is 4.69. The van der Waals surface area contributed by atoms with Crippen LogP contribution in [0.15, 0.2) is 24.3 Å². The molecule has 0 heterocycles. The number of hydrogen-bond donors (Lipinski definition) is 1. The van der Waals surface area contributed by atoms with E-state index in [1.165, 1.54) is 12.1 Å². The molecule has 1 aromatic rings. The first-order valence-corrected chi connectivity index (χ1v) is 4.30. The molecule has 2 N–H and O–H groups in total. The number of benzene rings is 1. The second kappa shape index (κ2) is 3.81. The topological polar surface area (TPSA) is 26.0 Å². The average Bonchev–Trinajstić information content (AvgIpc) is 2.15. The summed E-state index contributed by atoms with van der Waals surface area (Å²) < 4.78 is 52.1. The van der Waals surface area contributed by atoms with Gasteiger partial charge in [-0.25, -0.2) is 17.6 Å². The van der Waals surface area contributed by atoms with E-state index in [9.17, 15) is 17.6 Å². The van der Waals surface area contributed by atoms with Crippen LogP contribution < -0.4 is 5.73 Å². The van der Waals surface area contributed by atoms with Crippen LogP contribution in [-0.2, 0) is 5.54 Å². The van der Waals surface area contributed by atoms with E-state index in [0.717, 1.165) is 12.1 Å². The van der Waals surface area contributed by atoms with Crippen molar-refractivity contribution in [3.05, 3.63) is 35.6 Å². The quantitative estimate of drug-likeness (QED) is 0.780. The molecule has 0 bridgehead atoms. The lowest BCUT2D eigenvalue weighted by Crippen LogP contribution is -2.53. The minimum Gasteiger partial charge on any atom is -0.314 e. The second-order valence-electron chi connectivity index (χ2n) is 3.47. The van der Waals surface area contributed by atoms with Gasteiger partial charge in [0.25, 0.3) is 5.92 Å². The smallest absolute Gasteiger partial charge is 0.269 e. The third-order valence-corrected chi connectivity index (χ3v) is 2.35. The Kier molecular flexibility index (Phi) is 3.04. The molecule has 15 heavy (non-hydrogen) atoms. The van der Waals surface area contributed by atoms with Gasteiger partial charge in [0.2, 0.25) is 0 Å². The van der Waals surface area contributed by atoms with Crippen LogP contribution >= 0.6 is 0 Å². The third kappa shape index (κ3) is 1.97. The van der Waals surface area contributed by atoms with Crippen LogP contribution in [0.4, 0.5) is 17.6 Å². The van der Waals surface area contributed by atoms with Crippen molar-refractivity contribution < 1.29 is 17.6 Å². The molecule has 0 saturated carbocycles. The van der Waals surface area contributed by atoms with Gasteiger partial charge in [0.1, 0.15) is 18.0 Å². The summed E-state index contributed by atoms with van der Waals surface area (Å²) in [6.07, 6.45) is 0. The maximum Gasteiger partial charge on any atom is 0.269 e. The van der Waals surface area contributed by atoms with Crippen LogP contribution in [-0.4, -0.2) is 12.6 Å². The molecule has 1 nitrogen and oxygen atoms in total. The molecule has 0 fully saturated rings. The van der Waals surface area contributed by atoms with Gasteiger partial charge in [0.05, 0.1) is 0 Å². The van der Waals surface area contributed by atoms with Crippen molar-refractivity contribution in [2.45, 2.75) is 18.4 Å². The van der Waals surface area contributed by atoms with E-state index in [1.807, 2.05) is 0 Å². The van der Waals surface area contributed by atoms with E-state index < -0.39 is 29.5 Å². The number of hydrogen-bond acceptors (Lipinski definition) is 1. The molecule has 0 aliphatic rings. The fourth-order valence-electron chi connectivity index (χ4n) is 1.25. The summed E-state index contributed by atoms with van der Waals surface area (Å²) in [4.78, 5) is 0. The molecule has 0 aliphatic carbocycles. The standard InChI is InChI=1S/C10H11F4N/c1-9(13,14)10(15,6-11)7-4-2-3-5-8(7)12/h2-5H,6,15H2,1H3/t10-/m1/s1. The van der Waals surface area contributed by atoms with E-state index in [2.05, 4.69) is 0 Å². The molecule has 1 aromatic carbocycles. The first-order valence-electron chi connectivity index (χ1n) is 4.30. The Balaban J connectivity index is 3.30. The summed E-state index contributed by atoms with van der Waals surface area (Å²) in [7, 11) is 0. The summed E-state index contributed by atoms with van der Waals surface area (Å²) in [5, 5.41) is 0. The zero-order valence-electron chi connectivity index (χ0n) is 8.11. The monoisotopic (exact) mass is 221 g/mol. The predicted octanol–water partition coefficient (Wildman–Crippen LogP) is 2.60. The normalized spacial score (nSPS) is 16.1. The molecule has 0 aliphatic heterocycles. The maximum absolute atomic E-state index is 13.2. The summed E-state index contributed by atoms with van der Waals surface area (Å²) in [6.45, 7) is -1.06. The molecular formula is C10H11F4N. The van der Waals surface area contributed by atoms with Gasteiger partial charge in [0, 0.05) is 12.5 Å². The van der Waals surface area contributed by atoms with E-state index in [0.29, 0.717) is 6.92 Å². The van der Waals surface area contributed by atoms with Crippen LogP contribution in [0.2, 0.25) is 0 Å². The Bertz CT molecular complexity index is 348. The number of alkyl halides is 3. The van der Waals surface area contributed by atoms with Crippen molar-refractivity contribution in [2.24, 2.45) is 5.73 Å². The SMILES string of the molecule is CC(F)(F)[C@@](N)(CF)c1ccccc1F. The molecule has 0 saturated heterocycles. The number of rotatable bonds is 3. The lowest BCUT2D eigenvalue weighted by atomic mass is 9.86. The van der Waals surface area contributed by atoms with Crippen LogP contribution in [0.25, 0.3) is 0 Å². The first kappa shape index (κ1) is 12.0. The van der Waals surface area contributed by atoms with E-state index in [-0.39, 0.29) is 0 Å². The molecule has 0 radical (unpaired) electrons. The highest BCUT2D eigenvalue weighted by Gasteiger charge is 2.49. The van der Waals surface area contributed by atoms with Crippen LogP contribution in [0, 0.1) is 5.82 Å². The van der Waals surface area contributed by atoms with Gasteiger partial charge in [-0.1, -0.05) is 18.2 Å². The number of nitrogens with two attached hydrogens (primary N) is 1. The Morgan fingerprint density at radius 2 is 1.80 bits per heavy atom. The first-order chi connectivity index (χ1) is 6.83. The Hall–Kier alpha value is -1.10. The predicted molar refractivity (Wildman–Crippen MR) is 48.9 cm³/mol. The highest BCUT2D eigenvalue weighted by Crippen LogP contribution is 2.36. The molecule has 5 heteroatoms. The molecule has 0 unspecified atom stereocenters. The van der Waals surface area contributed by atoms with Crippen LogP contribution in [0.3, 0.4) is 0 Å². The van der Waals surface area contributed by atoms with Crippen molar-refractivity contribution in [3.63, 3.8) is 0 Å². The molecule has 84 valence electrons. The summed E-state index contributed by atoms with van der Waals surface area (Å²) in [5.41, 5.74) is 2.10. The van der Waals surface area contributed by atoms with Crippen molar-refractivity contribution in [3.8, 4) is 0 Å². The van der Waals surface area contributed by atoms with Crippen molar-refractivity contribution in [1.82, 2.24) is 0 Å².